The summed E-state index contributed by atoms with van der Waals surface area (Å²) in [7, 11) is 0. The summed E-state index contributed by atoms with van der Waals surface area (Å²) < 4.78 is 6.62. The average Bonchev–Trinajstić information content (AvgIpc) is 2.74. The molecule has 1 aliphatic rings. The molecule has 0 saturated carbocycles. The van der Waals surface area contributed by atoms with E-state index in [0.29, 0.717) is 12.0 Å². The second-order valence-corrected chi connectivity index (χ2v) is 4.47. The number of nitrogens with two attached hydrogens (primary N) is 1. The Balaban J connectivity index is 2.36. The molecule has 1 fully saturated rings. The van der Waals surface area contributed by atoms with E-state index in [2.05, 4.69) is 11.6 Å². The van der Waals surface area contributed by atoms with Crippen molar-refractivity contribution in [1.29, 1.82) is 0 Å². The monoisotopic (exact) mass is 267 g/mol. The highest BCUT2D eigenvalue weighted by molar-refractivity contribution is 5.38. The van der Waals surface area contributed by atoms with Gasteiger partial charge < -0.3 is 20.7 Å². The van der Waals surface area contributed by atoms with Crippen LogP contribution in [0.4, 0.5) is 5.82 Å². The number of hydrogen-bond donors (Lipinski definition) is 3. The van der Waals surface area contributed by atoms with Crippen LogP contribution >= 0.6 is 0 Å². The van der Waals surface area contributed by atoms with E-state index in [1.807, 2.05) is 0 Å². The van der Waals surface area contributed by atoms with Crippen LogP contribution < -0.4 is 11.4 Å². The second-order valence-electron chi connectivity index (χ2n) is 4.47. The molecular formula is C12H17N3O4. The number of nitrogen functional groups attached to an aromatic ring is 1. The summed E-state index contributed by atoms with van der Waals surface area (Å²) in [5, 5.41) is 18.9. The van der Waals surface area contributed by atoms with E-state index in [4.69, 9.17) is 15.6 Å². The van der Waals surface area contributed by atoms with Crippen LogP contribution in [-0.4, -0.2) is 38.6 Å². The molecule has 0 unspecified atom stereocenters. The zero-order valence-corrected chi connectivity index (χ0v) is 10.4. The van der Waals surface area contributed by atoms with Crippen molar-refractivity contribution in [2.24, 2.45) is 0 Å². The van der Waals surface area contributed by atoms with Crippen LogP contribution in [0.15, 0.2) is 23.6 Å². The highest BCUT2D eigenvalue weighted by Crippen LogP contribution is 2.27. The van der Waals surface area contributed by atoms with Crippen molar-refractivity contribution in [1.82, 2.24) is 9.55 Å². The Morgan fingerprint density at radius 3 is 3.00 bits per heavy atom. The number of anilines is 1. The van der Waals surface area contributed by atoms with Gasteiger partial charge in [0.1, 0.15) is 11.9 Å². The lowest BCUT2D eigenvalue weighted by Gasteiger charge is -2.18. The molecule has 0 aliphatic carbocycles. The first-order valence-corrected chi connectivity index (χ1v) is 5.99. The van der Waals surface area contributed by atoms with Crippen LogP contribution in [0.1, 0.15) is 18.2 Å². The van der Waals surface area contributed by atoms with Crippen molar-refractivity contribution in [2.75, 3.05) is 12.3 Å². The Morgan fingerprint density at radius 2 is 2.42 bits per heavy atom. The number of rotatable bonds is 4. The van der Waals surface area contributed by atoms with Crippen molar-refractivity contribution in [3.05, 3.63) is 34.9 Å². The van der Waals surface area contributed by atoms with E-state index in [-0.39, 0.29) is 18.8 Å². The van der Waals surface area contributed by atoms with E-state index >= 15 is 0 Å². The minimum Gasteiger partial charge on any atom is -0.394 e. The quantitative estimate of drug-likeness (QED) is 0.616. The van der Waals surface area contributed by atoms with Gasteiger partial charge in [0.25, 0.3) is 0 Å². The fourth-order valence-corrected chi connectivity index (χ4v) is 2.11. The van der Waals surface area contributed by atoms with Gasteiger partial charge >= 0.3 is 5.69 Å². The molecule has 1 aromatic heterocycles. The molecule has 4 N–H and O–H groups in total. The van der Waals surface area contributed by atoms with Crippen molar-refractivity contribution in [3.63, 3.8) is 0 Å². The summed E-state index contributed by atoms with van der Waals surface area (Å²) >= 11 is 0. The molecular weight excluding hydrogens is 250 g/mol. The van der Waals surface area contributed by atoms with E-state index in [1.165, 1.54) is 10.8 Å². The Kier molecular flexibility index (Phi) is 3.98. The van der Waals surface area contributed by atoms with Crippen molar-refractivity contribution < 1.29 is 14.9 Å². The predicted octanol–water partition coefficient (Wildman–Crippen LogP) is -0.805. The van der Waals surface area contributed by atoms with Gasteiger partial charge in [-0.05, 0) is 6.42 Å². The third-order valence-electron chi connectivity index (χ3n) is 3.07. The molecule has 104 valence electrons. The number of aliphatic hydroxyl groups is 2. The highest BCUT2D eigenvalue weighted by Gasteiger charge is 2.35. The largest absolute Gasteiger partial charge is 0.394 e. The maximum Gasteiger partial charge on any atom is 0.351 e. The topological polar surface area (TPSA) is 111 Å². The molecule has 1 aromatic rings. The minimum absolute atomic E-state index is 0.146. The average molecular weight is 267 g/mol. The van der Waals surface area contributed by atoms with Crippen molar-refractivity contribution in [2.45, 2.75) is 31.3 Å². The zero-order valence-electron chi connectivity index (χ0n) is 10.4. The first-order valence-electron chi connectivity index (χ1n) is 5.99. The number of hydrogen-bond acceptors (Lipinski definition) is 6. The summed E-state index contributed by atoms with van der Waals surface area (Å²) in [5.41, 5.74) is 5.69. The van der Waals surface area contributed by atoms with Gasteiger partial charge in [-0.2, -0.15) is 4.98 Å². The molecule has 2 heterocycles. The van der Waals surface area contributed by atoms with Gasteiger partial charge in [0.2, 0.25) is 0 Å². The van der Waals surface area contributed by atoms with Gasteiger partial charge in [0.05, 0.1) is 12.7 Å². The Hall–Kier alpha value is -1.70. The Labute approximate surface area is 110 Å². The summed E-state index contributed by atoms with van der Waals surface area (Å²) in [6, 6.07) is 0. The number of aliphatic hydroxyl groups excluding tert-OH is 2. The van der Waals surface area contributed by atoms with Gasteiger partial charge in [-0.25, -0.2) is 4.79 Å². The first kappa shape index (κ1) is 13.7. The third-order valence-corrected chi connectivity index (χ3v) is 3.07. The summed E-state index contributed by atoms with van der Waals surface area (Å²) in [6.07, 6.45) is 1.70. The molecule has 1 saturated heterocycles. The van der Waals surface area contributed by atoms with Gasteiger partial charge in [-0.1, -0.05) is 6.08 Å². The zero-order chi connectivity index (χ0) is 14.0. The Morgan fingerprint density at radius 1 is 1.68 bits per heavy atom. The normalized spacial score (nSPS) is 26.5. The Bertz CT molecular complexity index is 528. The molecule has 3 atom stereocenters. The fraction of sp³-hybridized carbons (Fsp3) is 0.500. The number of aromatic nitrogens is 2. The van der Waals surface area contributed by atoms with E-state index in [0.717, 1.165) is 0 Å². The highest BCUT2D eigenvalue weighted by atomic mass is 16.5. The molecule has 0 radical (unpaired) electrons. The molecule has 0 amide bonds. The van der Waals surface area contributed by atoms with Crippen LogP contribution in [0.3, 0.4) is 0 Å². The minimum atomic E-state index is -0.864. The van der Waals surface area contributed by atoms with E-state index in [9.17, 15) is 9.90 Å². The van der Waals surface area contributed by atoms with Gasteiger partial charge in [-0.3, -0.25) is 4.57 Å². The van der Waals surface area contributed by atoms with Crippen molar-refractivity contribution in [3.8, 4) is 0 Å². The lowest BCUT2D eigenvalue weighted by Crippen LogP contribution is -2.32. The molecule has 2 rings (SSSR count). The van der Waals surface area contributed by atoms with Crippen LogP contribution in [-0.2, 0) is 11.2 Å². The fourth-order valence-electron chi connectivity index (χ4n) is 2.11. The van der Waals surface area contributed by atoms with Crippen LogP contribution in [0.5, 0.6) is 0 Å². The number of allylic oxidation sites excluding steroid dienone is 1. The summed E-state index contributed by atoms with van der Waals surface area (Å²) in [4.78, 5) is 15.5. The molecule has 0 aromatic carbocycles. The molecule has 0 bridgehead atoms. The summed E-state index contributed by atoms with van der Waals surface area (Å²) in [5.74, 6) is 0.146. The molecule has 0 spiro atoms. The summed E-state index contributed by atoms with van der Waals surface area (Å²) in [6.45, 7) is 3.40. The molecule has 1 aliphatic heterocycles. The smallest absolute Gasteiger partial charge is 0.351 e. The predicted molar refractivity (Wildman–Crippen MR) is 68.4 cm³/mol. The molecule has 7 nitrogen and oxygen atoms in total. The molecule has 19 heavy (non-hydrogen) atoms. The lowest BCUT2D eigenvalue weighted by molar-refractivity contribution is -0.0530. The van der Waals surface area contributed by atoms with Crippen LogP contribution in [0.25, 0.3) is 0 Å². The van der Waals surface area contributed by atoms with Crippen LogP contribution in [0.2, 0.25) is 0 Å². The number of ether oxygens (including phenoxy) is 1. The van der Waals surface area contributed by atoms with Gasteiger partial charge in [-0.15, -0.1) is 6.58 Å². The standard InChI is InChI=1S/C12H17N3O4/c1-2-3-7-5-15(12(18)14-10(7)13)11-9(17)4-8(6-16)19-11/h2,5,8-9,11,16-17H,1,3-4,6H2,(H2,13,14,18)/t8-,9+,11+/m0/s1. The molecule has 7 heteroatoms. The maximum absolute atomic E-state index is 11.8. The van der Waals surface area contributed by atoms with E-state index < -0.39 is 24.1 Å². The first-order chi connectivity index (χ1) is 9.06. The van der Waals surface area contributed by atoms with Gasteiger partial charge in [0, 0.05) is 18.2 Å². The lowest BCUT2D eigenvalue weighted by atomic mass is 10.2. The van der Waals surface area contributed by atoms with Crippen LogP contribution in [0, 0.1) is 0 Å². The SMILES string of the molecule is C=CCc1cn([C@@H]2O[C@H](CO)C[C@H]2O)c(=O)nc1N. The van der Waals surface area contributed by atoms with Crippen molar-refractivity contribution >= 4 is 5.82 Å². The van der Waals surface area contributed by atoms with E-state index in [1.54, 1.807) is 6.08 Å². The maximum atomic E-state index is 11.8. The number of nitrogens with zero attached hydrogens (tertiary/aromatic N) is 2. The van der Waals surface area contributed by atoms with Gasteiger partial charge in [0.15, 0.2) is 6.23 Å². The second kappa shape index (κ2) is 5.52. The third kappa shape index (κ3) is 2.67.